The molecule has 1 aromatic carbocycles. The predicted molar refractivity (Wildman–Crippen MR) is 92.1 cm³/mol. The third-order valence-electron chi connectivity index (χ3n) is 4.80. The van der Waals surface area contributed by atoms with E-state index in [0.717, 1.165) is 5.56 Å². The lowest BCUT2D eigenvalue weighted by atomic mass is 10.1. The van der Waals surface area contributed by atoms with E-state index in [1.54, 1.807) is 11.0 Å². The summed E-state index contributed by atoms with van der Waals surface area (Å²) in [5, 5.41) is 9.31. The molecule has 2 heterocycles. The molecule has 2 amide bonds. The Morgan fingerprint density at radius 2 is 2.12 bits per heavy atom. The van der Waals surface area contributed by atoms with Crippen LogP contribution in [0, 0.1) is 12.8 Å². The van der Waals surface area contributed by atoms with E-state index in [1.165, 1.54) is 12.0 Å². The summed E-state index contributed by atoms with van der Waals surface area (Å²) in [7, 11) is 1.53. The first-order chi connectivity index (χ1) is 12.4. The Morgan fingerprint density at radius 3 is 2.81 bits per heavy atom. The molecule has 0 aliphatic carbocycles. The first kappa shape index (κ1) is 18.2. The normalized spacial score (nSPS) is 23.2. The van der Waals surface area contributed by atoms with Crippen LogP contribution in [-0.2, 0) is 19.1 Å². The summed E-state index contributed by atoms with van der Waals surface area (Å²) in [4.78, 5) is 39.6. The number of anilines is 1. The molecule has 26 heavy (non-hydrogen) atoms. The highest BCUT2D eigenvalue weighted by Gasteiger charge is 2.42. The maximum absolute atomic E-state index is 12.9. The number of hydrogen-bond donors (Lipinski definition) is 1. The summed E-state index contributed by atoms with van der Waals surface area (Å²) < 4.78 is 10.5. The number of amides is 2. The van der Waals surface area contributed by atoms with Gasteiger partial charge in [0.2, 0.25) is 11.8 Å². The van der Waals surface area contributed by atoms with Crippen molar-refractivity contribution in [1.29, 1.82) is 0 Å². The minimum absolute atomic E-state index is 0.0306. The summed E-state index contributed by atoms with van der Waals surface area (Å²) in [5.41, 5.74) is 1.60. The lowest BCUT2D eigenvalue weighted by Crippen LogP contribution is -2.54. The van der Waals surface area contributed by atoms with E-state index in [9.17, 15) is 19.5 Å². The van der Waals surface area contributed by atoms with Crippen LogP contribution in [0.15, 0.2) is 18.2 Å². The van der Waals surface area contributed by atoms with Crippen LogP contribution in [0.4, 0.5) is 5.69 Å². The molecule has 3 rings (SSSR count). The molecule has 2 fully saturated rings. The van der Waals surface area contributed by atoms with Gasteiger partial charge in [0.15, 0.2) is 6.04 Å². The van der Waals surface area contributed by atoms with Gasteiger partial charge in [0, 0.05) is 19.5 Å². The van der Waals surface area contributed by atoms with Gasteiger partial charge >= 0.3 is 5.97 Å². The van der Waals surface area contributed by atoms with E-state index in [-0.39, 0.29) is 37.9 Å². The van der Waals surface area contributed by atoms with E-state index in [1.807, 2.05) is 19.1 Å². The Hall–Kier alpha value is -2.61. The second-order valence-corrected chi connectivity index (χ2v) is 6.54. The number of methoxy groups -OCH3 is 1. The molecular weight excluding hydrogens is 340 g/mol. The van der Waals surface area contributed by atoms with Crippen LogP contribution in [0.2, 0.25) is 0 Å². The Labute approximate surface area is 151 Å². The average Bonchev–Trinajstić information content (AvgIpc) is 3.02. The van der Waals surface area contributed by atoms with E-state index >= 15 is 0 Å². The van der Waals surface area contributed by atoms with Crippen molar-refractivity contribution in [1.82, 2.24) is 4.90 Å². The Morgan fingerprint density at radius 1 is 1.35 bits per heavy atom. The van der Waals surface area contributed by atoms with Crippen molar-refractivity contribution in [3.63, 3.8) is 0 Å². The number of benzene rings is 1. The van der Waals surface area contributed by atoms with Gasteiger partial charge in [-0.1, -0.05) is 6.07 Å². The second-order valence-electron chi connectivity index (χ2n) is 6.54. The minimum atomic E-state index is -1.10. The van der Waals surface area contributed by atoms with Crippen LogP contribution in [0.3, 0.4) is 0 Å². The van der Waals surface area contributed by atoms with Crippen LogP contribution in [0.25, 0.3) is 0 Å². The number of ether oxygens (including phenoxy) is 2. The quantitative estimate of drug-likeness (QED) is 0.846. The molecule has 140 valence electrons. The van der Waals surface area contributed by atoms with Gasteiger partial charge in [0.25, 0.3) is 0 Å². The first-order valence-electron chi connectivity index (χ1n) is 8.48. The molecule has 0 unspecified atom stereocenters. The molecular formula is C18H22N2O6. The van der Waals surface area contributed by atoms with E-state index < -0.39 is 17.9 Å². The molecule has 8 heteroatoms. The molecule has 2 atom stereocenters. The van der Waals surface area contributed by atoms with E-state index in [4.69, 9.17) is 9.47 Å². The number of aryl methyl sites for hydroxylation is 1. The van der Waals surface area contributed by atoms with Crippen LogP contribution >= 0.6 is 0 Å². The van der Waals surface area contributed by atoms with Crippen molar-refractivity contribution in [2.24, 2.45) is 5.92 Å². The number of carbonyl (C=O) groups is 3. The van der Waals surface area contributed by atoms with Crippen molar-refractivity contribution in [2.45, 2.75) is 19.4 Å². The maximum atomic E-state index is 12.9. The fourth-order valence-electron chi connectivity index (χ4n) is 3.42. The van der Waals surface area contributed by atoms with Crippen molar-refractivity contribution in [3.8, 4) is 5.75 Å². The second kappa shape index (κ2) is 7.33. The summed E-state index contributed by atoms with van der Waals surface area (Å²) in [6.45, 7) is 2.61. The Kier molecular flexibility index (Phi) is 5.13. The molecule has 0 bridgehead atoms. The molecule has 0 radical (unpaired) electrons. The summed E-state index contributed by atoms with van der Waals surface area (Å²) in [6, 6.07) is 4.51. The minimum Gasteiger partial charge on any atom is -0.495 e. The fraction of sp³-hybridized carbons (Fsp3) is 0.500. The van der Waals surface area contributed by atoms with Crippen LogP contribution in [0.5, 0.6) is 5.75 Å². The highest BCUT2D eigenvalue weighted by molar-refractivity contribution is 6.01. The highest BCUT2D eigenvalue weighted by Crippen LogP contribution is 2.34. The molecule has 2 saturated heterocycles. The molecule has 1 aromatic rings. The van der Waals surface area contributed by atoms with Crippen molar-refractivity contribution < 1.29 is 29.0 Å². The number of morpholine rings is 1. The largest absolute Gasteiger partial charge is 0.495 e. The number of carbonyl (C=O) groups excluding carboxylic acids is 2. The fourth-order valence-corrected chi connectivity index (χ4v) is 3.42. The SMILES string of the molecule is COc1ccc(C)cc1N1C[C@H](C(=O)N2CCOC[C@H]2C(=O)O)CC1=O. The Balaban J connectivity index is 1.80. The monoisotopic (exact) mass is 362 g/mol. The van der Waals surface area contributed by atoms with Gasteiger partial charge in [-0.05, 0) is 24.6 Å². The van der Waals surface area contributed by atoms with Gasteiger partial charge in [-0.15, -0.1) is 0 Å². The van der Waals surface area contributed by atoms with Gasteiger partial charge in [0.05, 0.1) is 31.9 Å². The van der Waals surface area contributed by atoms with E-state index in [2.05, 4.69) is 0 Å². The van der Waals surface area contributed by atoms with Crippen molar-refractivity contribution in [3.05, 3.63) is 23.8 Å². The van der Waals surface area contributed by atoms with Crippen LogP contribution < -0.4 is 9.64 Å². The molecule has 0 aromatic heterocycles. The number of carboxylic acid groups (broad SMARTS) is 1. The third-order valence-corrected chi connectivity index (χ3v) is 4.80. The third kappa shape index (κ3) is 3.37. The number of hydrogen-bond acceptors (Lipinski definition) is 5. The number of rotatable bonds is 4. The van der Waals surface area contributed by atoms with Crippen molar-refractivity contribution in [2.75, 3.05) is 38.3 Å². The Bertz CT molecular complexity index is 734. The molecule has 0 saturated carbocycles. The number of aliphatic carboxylic acids is 1. The van der Waals surface area contributed by atoms with Crippen LogP contribution in [-0.4, -0.2) is 67.2 Å². The molecule has 8 nitrogen and oxygen atoms in total. The zero-order valence-corrected chi connectivity index (χ0v) is 14.8. The summed E-state index contributed by atoms with van der Waals surface area (Å²) >= 11 is 0. The first-order valence-corrected chi connectivity index (χ1v) is 8.48. The van der Waals surface area contributed by atoms with Gasteiger partial charge in [-0.2, -0.15) is 0 Å². The average molecular weight is 362 g/mol. The van der Waals surface area contributed by atoms with E-state index in [0.29, 0.717) is 18.0 Å². The summed E-state index contributed by atoms with van der Waals surface area (Å²) in [6.07, 6.45) is 0.0552. The topological polar surface area (TPSA) is 96.4 Å². The maximum Gasteiger partial charge on any atom is 0.328 e. The van der Waals surface area contributed by atoms with Gasteiger partial charge in [-0.3, -0.25) is 9.59 Å². The van der Waals surface area contributed by atoms with Gasteiger partial charge in [-0.25, -0.2) is 4.79 Å². The lowest BCUT2D eigenvalue weighted by molar-refractivity contribution is -0.160. The number of nitrogens with zero attached hydrogens (tertiary/aromatic N) is 2. The van der Waals surface area contributed by atoms with Gasteiger partial charge < -0.3 is 24.4 Å². The highest BCUT2D eigenvalue weighted by atomic mass is 16.5. The molecule has 2 aliphatic heterocycles. The number of carboxylic acids is 1. The molecule has 0 spiro atoms. The summed E-state index contributed by atoms with van der Waals surface area (Å²) in [5.74, 6) is -1.60. The molecule has 1 N–H and O–H groups in total. The van der Waals surface area contributed by atoms with Crippen LogP contribution in [0.1, 0.15) is 12.0 Å². The zero-order chi connectivity index (χ0) is 18.8. The molecule has 2 aliphatic rings. The van der Waals surface area contributed by atoms with Gasteiger partial charge in [0.1, 0.15) is 5.75 Å². The van der Waals surface area contributed by atoms with Crippen molar-refractivity contribution >= 4 is 23.5 Å². The predicted octanol–water partition coefficient (Wildman–Crippen LogP) is 0.669. The zero-order valence-electron chi connectivity index (χ0n) is 14.8. The smallest absolute Gasteiger partial charge is 0.328 e. The standard InChI is InChI=1S/C18H22N2O6/c1-11-3-4-15(25-2)13(7-11)20-9-12(8-16(20)21)17(22)19-5-6-26-10-14(19)18(23)24/h3-4,7,12,14H,5-6,8-10H2,1-2H3,(H,23,24)/t12-,14+/m1/s1. The lowest BCUT2D eigenvalue weighted by Gasteiger charge is -2.34.